The number of hydrogen-bond acceptors (Lipinski definition) is 4. The second-order valence-electron chi connectivity index (χ2n) is 9.28. The van der Waals surface area contributed by atoms with Gasteiger partial charge in [-0.15, -0.1) is 0 Å². The van der Waals surface area contributed by atoms with Crippen molar-refractivity contribution in [2.75, 3.05) is 0 Å². The van der Waals surface area contributed by atoms with Gasteiger partial charge in [0.15, 0.2) is 4.32 Å². The molecule has 31 heavy (non-hydrogen) atoms. The number of thioether (sulfide) groups is 1. The minimum Gasteiger partial charge on any atom is -0.273 e. The summed E-state index contributed by atoms with van der Waals surface area (Å²) in [5, 5.41) is 1.08. The zero-order chi connectivity index (χ0) is 22.0. The van der Waals surface area contributed by atoms with Crippen LogP contribution in [0, 0.1) is 23.2 Å². The summed E-state index contributed by atoms with van der Waals surface area (Å²) in [5.74, 6) is 1.10. The van der Waals surface area contributed by atoms with Gasteiger partial charge in [0.2, 0.25) is 5.91 Å². The van der Waals surface area contributed by atoms with Gasteiger partial charge >= 0.3 is 6.18 Å². The first-order valence-corrected chi connectivity index (χ1v) is 11.6. The van der Waals surface area contributed by atoms with Gasteiger partial charge in [-0.1, -0.05) is 23.9 Å². The first kappa shape index (κ1) is 21.0. The maximum absolute atomic E-state index is 13.2. The van der Waals surface area contributed by atoms with E-state index >= 15 is 0 Å². The molecule has 4 bridgehead atoms. The lowest BCUT2D eigenvalue weighted by molar-refractivity contribution is -0.152. The van der Waals surface area contributed by atoms with Crippen molar-refractivity contribution < 1.29 is 22.8 Å². The summed E-state index contributed by atoms with van der Waals surface area (Å²) in [6, 6.07) is 4.76. The van der Waals surface area contributed by atoms with Crippen LogP contribution in [-0.4, -0.2) is 21.1 Å². The highest BCUT2D eigenvalue weighted by atomic mass is 32.2. The van der Waals surface area contributed by atoms with Gasteiger partial charge in [0.1, 0.15) is 0 Å². The quantitative estimate of drug-likeness (QED) is 0.494. The first-order chi connectivity index (χ1) is 14.6. The van der Waals surface area contributed by atoms with Crippen LogP contribution in [0.2, 0.25) is 0 Å². The predicted molar refractivity (Wildman–Crippen MR) is 115 cm³/mol. The molecule has 0 aromatic heterocycles. The summed E-state index contributed by atoms with van der Waals surface area (Å²) >= 11 is 6.27. The summed E-state index contributed by atoms with van der Waals surface area (Å²) in [7, 11) is 0. The topological polar surface area (TPSA) is 49.4 Å². The minimum absolute atomic E-state index is 0.150. The summed E-state index contributed by atoms with van der Waals surface area (Å²) < 4.78 is 39.1. The SMILES string of the molecule is O=C1/C(=C\c2cccc(C(F)(F)F)c2)SC(=S)N1NC(=O)C12CC3CC(CC(C3)C1)C2. The Bertz CT molecular complexity index is 969. The molecule has 0 spiro atoms. The van der Waals surface area contributed by atoms with Gasteiger partial charge in [0.25, 0.3) is 5.91 Å². The Hall–Kier alpha value is -1.87. The van der Waals surface area contributed by atoms with Crippen molar-refractivity contribution in [2.45, 2.75) is 44.7 Å². The molecule has 1 aromatic rings. The third kappa shape index (κ3) is 3.80. The van der Waals surface area contributed by atoms with E-state index in [0.29, 0.717) is 17.8 Å². The Morgan fingerprint density at radius 2 is 1.77 bits per heavy atom. The van der Waals surface area contributed by atoms with Crippen molar-refractivity contribution in [3.63, 3.8) is 0 Å². The smallest absolute Gasteiger partial charge is 0.273 e. The molecule has 1 heterocycles. The first-order valence-electron chi connectivity index (χ1n) is 10.4. The number of benzene rings is 1. The lowest BCUT2D eigenvalue weighted by Crippen LogP contribution is -2.57. The van der Waals surface area contributed by atoms with Crippen LogP contribution in [0.5, 0.6) is 0 Å². The summed E-state index contributed by atoms with van der Waals surface area (Å²) in [5.41, 5.74) is 1.79. The highest BCUT2D eigenvalue weighted by Crippen LogP contribution is 2.60. The molecular weight excluding hydrogens is 445 g/mol. The molecule has 2 amide bonds. The summed E-state index contributed by atoms with van der Waals surface area (Å²) in [4.78, 5) is 26.3. The van der Waals surface area contributed by atoms with E-state index in [1.54, 1.807) is 0 Å². The van der Waals surface area contributed by atoms with E-state index in [4.69, 9.17) is 12.2 Å². The van der Waals surface area contributed by atoms with Gasteiger partial charge in [0.05, 0.1) is 15.9 Å². The molecule has 4 nitrogen and oxygen atoms in total. The molecule has 5 fully saturated rings. The van der Waals surface area contributed by atoms with Crippen LogP contribution in [-0.2, 0) is 15.8 Å². The van der Waals surface area contributed by atoms with Gasteiger partial charge in [-0.2, -0.15) is 18.2 Å². The number of halogens is 3. The number of alkyl halides is 3. The fourth-order valence-electron chi connectivity index (χ4n) is 6.13. The maximum Gasteiger partial charge on any atom is 0.416 e. The standard InChI is InChI=1S/C22H21F3N2O2S2/c23-22(24,25)16-3-1-2-12(7-16)8-17-18(28)27(20(30)31-17)26-19(29)21-9-13-4-14(10-21)6-15(5-13)11-21/h1-3,7-8,13-15H,4-6,9-11H2,(H,26,29)/b17-8+. The molecule has 4 saturated carbocycles. The van der Waals surface area contributed by atoms with Crippen molar-refractivity contribution >= 4 is 46.2 Å². The van der Waals surface area contributed by atoms with Crippen molar-refractivity contribution in [3.8, 4) is 0 Å². The molecule has 1 aliphatic heterocycles. The molecule has 164 valence electrons. The highest BCUT2D eigenvalue weighted by molar-refractivity contribution is 8.26. The Labute approximate surface area is 187 Å². The van der Waals surface area contributed by atoms with E-state index in [2.05, 4.69) is 5.43 Å². The molecule has 1 aromatic carbocycles. The third-order valence-corrected chi connectivity index (χ3v) is 8.34. The van der Waals surface area contributed by atoms with Crippen molar-refractivity contribution in [1.29, 1.82) is 0 Å². The van der Waals surface area contributed by atoms with Crippen LogP contribution in [0.15, 0.2) is 29.2 Å². The molecular formula is C22H21F3N2O2S2. The number of carbonyl (C=O) groups excluding carboxylic acids is 2. The van der Waals surface area contributed by atoms with Crippen LogP contribution in [0.25, 0.3) is 6.08 Å². The van der Waals surface area contributed by atoms with E-state index < -0.39 is 23.1 Å². The Morgan fingerprint density at radius 3 is 2.35 bits per heavy atom. The largest absolute Gasteiger partial charge is 0.416 e. The molecule has 4 aliphatic carbocycles. The maximum atomic E-state index is 13.2. The molecule has 1 saturated heterocycles. The number of nitrogens with zero attached hydrogens (tertiary/aromatic N) is 1. The van der Waals surface area contributed by atoms with Crippen LogP contribution in [0.4, 0.5) is 13.2 Å². The zero-order valence-corrected chi connectivity index (χ0v) is 18.2. The Morgan fingerprint density at radius 1 is 1.16 bits per heavy atom. The average molecular weight is 467 g/mol. The number of hydrogen-bond donors (Lipinski definition) is 1. The fraction of sp³-hybridized carbons (Fsp3) is 0.500. The Balaban J connectivity index is 1.33. The van der Waals surface area contributed by atoms with Gasteiger partial charge in [-0.3, -0.25) is 15.0 Å². The van der Waals surface area contributed by atoms with E-state index in [9.17, 15) is 22.8 Å². The minimum atomic E-state index is -4.46. The van der Waals surface area contributed by atoms with E-state index in [0.717, 1.165) is 48.2 Å². The highest BCUT2D eigenvalue weighted by Gasteiger charge is 2.55. The molecule has 5 aliphatic rings. The van der Waals surface area contributed by atoms with Gasteiger partial charge in [-0.05, 0) is 92.3 Å². The van der Waals surface area contributed by atoms with Crippen molar-refractivity contribution in [2.24, 2.45) is 23.2 Å². The molecule has 0 atom stereocenters. The molecule has 6 rings (SSSR count). The van der Waals surface area contributed by atoms with Crippen LogP contribution >= 0.6 is 24.0 Å². The van der Waals surface area contributed by atoms with Crippen molar-refractivity contribution in [3.05, 3.63) is 40.3 Å². The molecule has 9 heteroatoms. The lowest BCUT2D eigenvalue weighted by atomic mass is 9.49. The van der Waals surface area contributed by atoms with E-state index in [1.807, 2.05) is 0 Å². The molecule has 0 radical (unpaired) electrons. The van der Waals surface area contributed by atoms with Crippen molar-refractivity contribution in [1.82, 2.24) is 10.4 Å². The van der Waals surface area contributed by atoms with Crippen LogP contribution < -0.4 is 5.43 Å². The summed E-state index contributed by atoms with van der Waals surface area (Å²) in [6.45, 7) is 0. The Kier molecular flexibility index (Phi) is 4.97. The number of hydrazine groups is 1. The van der Waals surface area contributed by atoms with Gasteiger partial charge in [-0.25, -0.2) is 0 Å². The second-order valence-corrected chi connectivity index (χ2v) is 11.0. The number of rotatable bonds is 3. The zero-order valence-electron chi connectivity index (χ0n) is 16.6. The second kappa shape index (κ2) is 7.33. The molecule has 0 unspecified atom stereocenters. The van der Waals surface area contributed by atoms with Crippen LogP contribution in [0.3, 0.4) is 0 Å². The number of carbonyl (C=O) groups is 2. The normalized spacial score (nSPS) is 33.5. The lowest BCUT2D eigenvalue weighted by Gasteiger charge is -2.55. The summed E-state index contributed by atoms with van der Waals surface area (Å²) in [6.07, 6.45) is 3.10. The van der Waals surface area contributed by atoms with Gasteiger partial charge in [0, 0.05) is 0 Å². The average Bonchev–Trinajstić information content (AvgIpc) is 2.94. The predicted octanol–water partition coefficient (Wildman–Crippen LogP) is 5.15. The molecule has 1 N–H and O–H groups in total. The van der Waals surface area contributed by atoms with Gasteiger partial charge < -0.3 is 0 Å². The monoisotopic (exact) mass is 466 g/mol. The number of nitrogens with one attached hydrogen (secondary N) is 1. The number of thiocarbonyl (C=S) groups is 1. The van der Waals surface area contributed by atoms with E-state index in [-0.39, 0.29) is 20.7 Å². The fourth-order valence-corrected chi connectivity index (χ4v) is 7.31. The van der Waals surface area contributed by atoms with Crippen LogP contribution in [0.1, 0.15) is 49.7 Å². The third-order valence-electron chi connectivity index (χ3n) is 7.04. The number of amides is 2. The van der Waals surface area contributed by atoms with E-state index in [1.165, 1.54) is 37.5 Å².